The number of hydrogen-bond acceptors (Lipinski definition) is 5. The van der Waals surface area contributed by atoms with Gasteiger partial charge in [-0.1, -0.05) is 11.6 Å². The van der Waals surface area contributed by atoms with Crippen LogP contribution >= 0.6 is 27.5 Å². The van der Waals surface area contributed by atoms with Crippen LogP contribution in [-0.2, 0) is 14.8 Å². The lowest BCUT2D eigenvalue weighted by Gasteiger charge is -2.21. The summed E-state index contributed by atoms with van der Waals surface area (Å²) in [4.78, 5) is -0.0908. The topological polar surface area (TPSA) is 84.9 Å². The molecule has 1 atom stereocenters. The van der Waals surface area contributed by atoms with Crippen LogP contribution in [0.3, 0.4) is 0 Å². The zero-order valence-corrected chi connectivity index (χ0v) is 14.4. The molecule has 0 saturated carbocycles. The second-order valence-electron chi connectivity index (χ2n) is 4.77. The molecular weight excluding hydrogens is 386 g/mol. The molecule has 1 aromatic carbocycles. The van der Waals surface area contributed by atoms with E-state index in [2.05, 4.69) is 20.7 Å². The van der Waals surface area contributed by atoms with Crippen LogP contribution in [0.15, 0.2) is 21.5 Å². The summed E-state index contributed by atoms with van der Waals surface area (Å²) in [6.07, 6.45) is 0.381. The van der Waals surface area contributed by atoms with Crippen molar-refractivity contribution in [2.45, 2.75) is 16.9 Å². The van der Waals surface area contributed by atoms with Gasteiger partial charge in [0.1, 0.15) is 10.5 Å². The van der Waals surface area contributed by atoms with Crippen LogP contribution in [0.2, 0.25) is 5.02 Å². The van der Waals surface area contributed by atoms with Gasteiger partial charge in [0.15, 0.2) is 5.75 Å². The summed E-state index contributed by atoms with van der Waals surface area (Å²) >= 11 is 9.10. The van der Waals surface area contributed by atoms with E-state index < -0.39 is 15.6 Å². The van der Waals surface area contributed by atoms with Gasteiger partial charge in [0, 0.05) is 24.6 Å². The lowest BCUT2D eigenvalue weighted by atomic mass is 10.1. The first kappa shape index (κ1) is 17.0. The van der Waals surface area contributed by atoms with Gasteiger partial charge in [-0.3, -0.25) is 0 Å². The lowest BCUT2D eigenvalue weighted by molar-refractivity contribution is 0.0314. The molecule has 0 bridgehead atoms. The largest absolute Gasteiger partial charge is 0.494 e. The predicted octanol–water partition coefficient (Wildman–Crippen LogP) is 1.54. The van der Waals surface area contributed by atoms with Crippen molar-refractivity contribution in [3.8, 4) is 5.75 Å². The highest BCUT2D eigenvalue weighted by Crippen LogP contribution is 2.35. The standard InChI is InChI=1S/C12H15BrClNO5S/c1-19-11-9(13)4-8(14)5-10(11)21(17,18)15-6-12(16)2-3-20-7-12/h4-5,15-16H,2-3,6-7H2,1H3. The van der Waals surface area contributed by atoms with Crippen LogP contribution < -0.4 is 9.46 Å². The molecule has 0 aromatic heterocycles. The molecule has 1 fully saturated rings. The molecule has 0 aliphatic carbocycles. The molecule has 1 unspecified atom stereocenters. The van der Waals surface area contributed by atoms with Crippen molar-refractivity contribution < 1.29 is 23.0 Å². The molecule has 1 heterocycles. The van der Waals surface area contributed by atoms with Crippen molar-refractivity contribution in [1.29, 1.82) is 0 Å². The van der Waals surface area contributed by atoms with E-state index in [0.717, 1.165) is 0 Å². The van der Waals surface area contributed by atoms with Crippen molar-refractivity contribution in [3.05, 3.63) is 21.6 Å². The maximum Gasteiger partial charge on any atom is 0.244 e. The molecule has 2 rings (SSSR count). The summed E-state index contributed by atoms with van der Waals surface area (Å²) in [7, 11) is -2.51. The summed E-state index contributed by atoms with van der Waals surface area (Å²) in [5, 5.41) is 10.4. The summed E-state index contributed by atoms with van der Waals surface area (Å²) in [6, 6.07) is 2.83. The highest BCUT2D eigenvalue weighted by molar-refractivity contribution is 9.10. The van der Waals surface area contributed by atoms with Crippen molar-refractivity contribution in [1.82, 2.24) is 4.72 Å². The number of aliphatic hydroxyl groups is 1. The molecular formula is C12H15BrClNO5S. The number of benzene rings is 1. The van der Waals surface area contributed by atoms with Crippen molar-refractivity contribution in [2.24, 2.45) is 0 Å². The second kappa shape index (κ2) is 6.39. The van der Waals surface area contributed by atoms with Gasteiger partial charge in [0.2, 0.25) is 10.0 Å². The van der Waals surface area contributed by atoms with Crippen molar-refractivity contribution >= 4 is 37.6 Å². The zero-order valence-electron chi connectivity index (χ0n) is 11.2. The molecule has 0 radical (unpaired) electrons. The predicted molar refractivity (Wildman–Crippen MR) is 81.3 cm³/mol. The van der Waals surface area contributed by atoms with Crippen LogP contribution in [0.4, 0.5) is 0 Å². The van der Waals surface area contributed by atoms with E-state index in [0.29, 0.717) is 17.5 Å². The average Bonchev–Trinajstić information content (AvgIpc) is 2.83. The monoisotopic (exact) mass is 399 g/mol. The third-order valence-corrected chi connectivity index (χ3v) is 5.36. The number of nitrogens with one attached hydrogen (secondary N) is 1. The van der Waals surface area contributed by atoms with Gasteiger partial charge >= 0.3 is 0 Å². The number of ether oxygens (including phenoxy) is 2. The second-order valence-corrected chi connectivity index (χ2v) is 7.80. The quantitative estimate of drug-likeness (QED) is 0.783. The summed E-state index contributed by atoms with van der Waals surface area (Å²) in [6.45, 7) is 0.374. The fourth-order valence-electron chi connectivity index (χ4n) is 1.98. The number of halogens is 2. The summed E-state index contributed by atoms with van der Waals surface area (Å²) in [5.74, 6) is 0.154. The van der Waals surface area contributed by atoms with E-state index in [1.54, 1.807) is 0 Å². The molecule has 1 aliphatic heterocycles. The number of hydrogen-bond donors (Lipinski definition) is 2. The molecule has 1 aromatic rings. The fraction of sp³-hybridized carbons (Fsp3) is 0.500. The Balaban J connectivity index is 2.27. The van der Waals surface area contributed by atoms with E-state index in [9.17, 15) is 13.5 Å². The Morgan fingerprint density at radius 3 is 2.86 bits per heavy atom. The van der Waals surface area contributed by atoms with Gasteiger partial charge in [-0.05, 0) is 28.1 Å². The first-order valence-electron chi connectivity index (χ1n) is 6.10. The minimum absolute atomic E-state index is 0.0908. The number of sulfonamides is 1. The number of rotatable bonds is 5. The molecule has 9 heteroatoms. The smallest absolute Gasteiger partial charge is 0.244 e. The van der Waals surface area contributed by atoms with E-state index in [4.69, 9.17) is 21.1 Å². The van der Waals surface area contributed by atoms with Crippen LogP contribution in [0.1, 0.15) is 6.42 Å². The normalized spacial score (nSPS) is 22.5. The van der Waals surface area contributed by atoms with Gasteiger partial charge in [0.25, 0.3) is 0 Å². The van der Waals surface area contributed by atoms with Gasteiger partial charge in [0.05, 0.1) is 18.2 Å². The van der Waals surface area contributed by atoms with Gasteiger partial charge < -0.3 is 14.6 Å². The Bertz CT molecular complexity index is 631. The summed E-state index contributed by atoms with van der Waals surface area (Å²) in [5.41, 5.74) is -1.18. The fourth-order valence-corrected chi connectivity index (χ4v) is 4.48. The molecule has 0 amide bonds. The molecule has 6 nitrogen and oxygen atoms in total. The summed E-state index contributed by atoms with van der Waals surface area (Å²) < 4.78 is 37.8. The van der Waals surface area contributed by atoms with E-state index in [1.165, 1.54) is 19.2 Å². The van der Waals surface area contributed by atoms with Gasteiger partial charge in [-0.25, -0.2) is 13.1 Å². The van der Waals surface area contributed by atoms with Crippen LogP contribution in [0, 0.1) is 0 Å². The molecule has 2 N–H and O–H groups in total. The molecule has 21 heavy (non-hydrogen) atoms. The maximum absolute atomic E-state index is 12.4. The van der Waals surface area contributed by atoms with E-state index in [-0.39, 0.29) is 28.8 Å². The maximum atomic E-state index is 12.4. The third kappa shape index (κ3) is 3.88. The van der Waals surface area contributed by atoms with Crippen LogP contribution in [0.25, 0.3) is 0 Å². The highest BCUT2D eigenvalue weighted by Gasteiger charge is 2.34. The Labute approximate surface area is 136 Å². The minimum atomic E-state index is -3.88. The van der Waals surface area contributed by atoms with Crippen molar-refractivity contribution in [3.63, 3.8) is 0 Å². The Kier molecular flexibility index (Phi) is 5.17. The first-order valence-corrected chi connectivity index (χ1v) is 8.76. The highest BCUT2D eigenvalue weighted by atomic mass is 79.9. The first-order chi connectivity index (χ1) is 9.77. The van der Waals surface area contributed by atoms with Crippen LogP contribution in [-0.4, -0.2) is 46.0 Å². The Morgan fingerprint density at radius 1 is 1.57 bits per heavy atom. The molecule has 1 saturated heterocycles. The minimum Gasteiger partial charge on any atom is -0.494 e. The van der Waals surface area contributed by atoms with Crippen molar-refractivity contribution in [2.75, 3.05) is 26.9 Å². The third-order valence-electron chi connectivity index (χ3n) is 3.14. The zero-order chi connectivity index (χ0) is 15.7. The van der Waals surface area contributed by atoms with Gasteiger partial charge in [-0.15, -0.1) is 0 Å². The van der Waals surface area contributed by atoms with Crippen LogP contribution in [0.5, 0.6) is 5.75 Å². The van der Waals surface area contributed by atoms with E-state index >= 15 is 0 Å². The van der Waals surface area contributed by atoms with Gasteiger partial charge in [-0.2, -0.15) is 0 Å². The average molecular weight is 401 g/mol. The Morgan fingerprint density at radius 2 is 2.29 bits per heavy atom. The van der Waals surface area contributed by atoms with E-state index in [1.807, 2.05) is 0 Å². The molecule has 1 aliphatic rings. The Hall–Kier alpha value is -0.380. The molecule has 0 spiro atoms. The number of methoxy groups -OCH3 is 1. The molecule has 118 valence electrons. The lowest BCUT2D eigenvalue weighted by Crippen LogP contribution is -2.43. The SMILES string of the molecule is COc1c(Br)cc(Cl)cc1S(=O)(=O)NCC1(O)CCOC1.